The number of aryl methyl sites for hydroxylation is 2. The fraction of sp³-hybridized carbons (Fsp3) is 0.350. The van der Waals surface area contributed by atoms with Crippen LogP contribution in [0.3, 0.4) is 0 Å². The Labute approximate surface area is 161 Å². The summed E-state index contributed by atoms with van der Waals surface area (Å²) < 4.78 is 12.5. The van der Waals surface area contributed by atoms with Gasteiger partial charge in [-0.2, -0.15) is 0 Å². The van der Waals surface area contributed by atoms with Crippen LogP contribution in [0.15, 0.2) is 35.4 Å². The molecule has 3 rings (SSSR count). The Balaban J connectivity index is 1.80. The number of nitrogens with zero attached hydrogens (tertiary/aromatic N) is 2. The van der Waals surface area contributed by atoms with E-state index in [9.17, 15) is 9.59 Å². The van der Waals surface area contributed by atoms with Crippen molar-refractivity contribution in [2.75, 3.05) is 6.61 Å². The summed E-state index contributed by atoms with van der Waals surface area (Å²) in [4.78, 5) is 30.4. The molecule has 0 atom stereocenters. The molecule has 7 heteroatoms. The van der Waals surface area contributed by atoms with Crippen molar-refractivity contribution in [2.24, 2.45) is 0 Å². The maximum Gasteiger partial charge on any atom is 0.348 e. The predicted octanol–water partition coefficient (Wildman–Crippen LogP) is 3.72. The van der Waals surface area contributed by atoms with E-state index in [1.54, 1.807) is 20.8 Å². The first-order valence-electron chi connectivity index (χ1n) is 8.76. The Hall–Kier alpha value is -2.67. The molecule has 1 aromatic carbocycles. The number of hydrogen-bond donors (Lipinski definition) is 0. The highest BCUT2D eigenvalue weighted by atomic mass is 32.1. The van der Waals surface area contributed by atoms with E-state index in [1.165, 1.54) is 22.2 Å². The molecule has 0 radical (unpaired) electrons. The molecule has 0 saturated heterocycles. The minimum atomic E-state index is -0.417. The standard InChI is InChI=1S/C20H22N2O4S/c1-12(2)26-20(24)17-14(4)16-18(27-17)21-11-22(19(16)23)9-10-25-15-7-5-13(3)6-8-15/h5-8,11-12H,9-10H2,1-4H3. The number of benzene rings is 1. The van der Waals surface area contributed by atoms with E-state index >= 15 is 0 Å². The SMILES string of the molecule is Cc1ccc(OCCn2cnc3sc(C(=O)OC(C)C)c(C)c3c2=O)cc1. The molecule has 0 N–H and O–H groups in total. The van der Waals surface area contributed by atoms with Gasteiger partial charge in [0.2, 0.25) is 0 Å². The smallest absolute Gasteiger partial charge is 0.348 e. The first kappa shape index (κ1) is 19.1. The molecule has 3 aromatic rings. The van der Waals surface area contributed by atoms with E-state index in [2.05, 4.69) is 4.98 Å². The molecular formula is C20H22N2O4S. The van der Waals surface area contributed by atoms with Crippen LogP contribution in [0.2, 0.25) is 0 Å². The zero-order chi connectivity index (χ0) is 19.6. The molecule has 0 spiro atoms. The summed E-state index contributed by atoms with van der Waals surface area (Å²) in [5, 5.41) is 0.466. The summed E-state index contributed by atoms with van der Waals surface area (Å²) in [5.74, 6) is 0.340. The zero-order valence-corrected chi connectivity index (χ0v) is 16.6. The van der Waals surface area contributed by atoms with Gasteiger partial charge in [-0.15, -0.1) is 11.3 Å². The highest BCUT2D eigenvalue weighted by Crippen LogP contribution is 2.27. The third kappa shape index (κ3) is 4.19. The maximum atomic E-state index is 12.8. The summed E-state index contributed by atoms with van der Waals surface area (Å²) in [6.45, 7) is 8.07. The van der Waals surface area contributed by atoms with E-state index in [0.717, 1.165) is 11.3 Å². The number of esters is 1. The summed E-state index contributed by atoms with van der Waals surface area (Å²) in [5.41, 5.74) is 1.60. The highest BCUT2D eigenvalue weighted by Gasteiger charge is 2.21. The summed E-state index contributed by atoms with van der Waals surface area (Å²) in [6, 6.07) is 7.74. The number of carbonyl (C=O) groups excluding carboxylic acids is 1. The molecule has 0 unspecified atom stereocenters. The molecule has 2 heterocycles. The average molecular weight is 386 g/mol. The lowest BCUT2D eigenvalue weighted by Gasteiger charge is -2.08. The lowest BCUT2D eigenvalue weighted by molar-refractivity contribution is 0.0383. The topological polar surface area (TPSA) is 70.4 Å². The molecule has 6 nitrogen and oxygen atoms in total. The number of ether oxygens (including phenoxy) is 2. The number of rotatable bonds is 6. The third-order valence-corrected chi connectivity index (χ3v) is 5.25. The normalized spacial score (nSPS) is 11.1. The first-order valence-corrected chi connectivity index (χ1v) is 9.57. The first-order chi connectivity index (χ1) is 12.9. The van der Waals surface area contributed by atoms with Crippen molar-refractivity contribution in [3.05, 3.63) is 57.0 Å². The molecule has 0 aliphatic carbocycles. The largest absolute Gasteiger partial charge is 0.492 e. The van der Waals surface area contributed by atoms with Crippen molar-refractivity contribution in [1.29, 1.82) is 0 Å². The molecule has 0 bridgehead atoms. The van der Waals surface area contributed by atoms with Crippen LogP contribution in [0.4, 0.5) is 0 Å². The van der Waals surface area contributed by atoms with Gasteiger partial charge in [0, 0.05) is 0 Å². The van der Waals surface area contributed by atoms with Crippen LogP contribution in [-0.2, 0) is 11.3 Å². The van der Waals surface area contributed by atoms with Crippen LogP contribution in [0.1, 0.15) is 34.6 Å². The van der Waals surface area contributed by atoms with Crippen molar-refractivity contribution >= 4 is 27.5 Å². The molecule has 27 heavy (non-hydrogen) atoms. The van der Waals surface area contributed by atoms with Crippen molar-refractivity contribution in [1.82, 2.24) is 9.55 Å². The van der Waals surface area contributed by atoms with Crippen molar-refractivity contribution in [3.63, 3.8) is 0 Å². The average Bonchev–Trinajstić information content (AvgIpc) is 2.95. The van der Waals surface area contributed by atoms with Gasteiger partial charge in [0.25, 0.3) is 5.56 Å². The lowest BCUT2D eigenvalue weighted by atomic mass is 10.2. The van der Waals surface area contributed by atoms with Crippen molar-refractivity contribution in [3.8, 4) is 5.75 Å². The molecule has 0 saturated carbocycles. The fourth-order valence-corrected chi connectivity index (χ4v) is 3.70. The highest BCUT2D eigenvalue weighted by molar-refractivity contribution is 7.20. The molecular weight excluding hydrogens is 364 g/mol. The summed E-state index contributed by atoms with van der Waals surface area (Å²) in [6.07, 6.45) is 1.28. The third-order valence-electron chi connectivity index (χ3n) is 4.07. The van der Waals surface area contributed by atoms with Crippen LogP contribution in [0.5, 0.6) is 5.75 Å². The fourth-order valence-electron chi connectivity index (χ4n) is 2.68. The Kier molecular flexibility index (Phi) is 5.60. The minimum Gasteiger partial charge on any atom is -0.492 e. The van der Waals surface area contributed by atoms with Crippen LogP contribution in [0.25, 0.3) is 10.2 Å². The number of aromatic nitrogens is 2. The van der Waals surface area contributed by atoms with E-state index in [1.807, 2.05) is 31.2 Å². The minimum absolute atomic E-state index is 0.176. The maximum absolute atomic E-state index is 12.8. The summed E-state index contributed by atoms with van der Waals surface area (Å²) in [7, 11) is 0. The van der Waals surface area contributed by atoms with Gasteiger partial charge in [-0.25, -0.2) is 9.78 Å². The molecule has 142 valence electrons. The van der Waals surface area contributed by atoms with Gasteiger partial charge in [-0.3, -0.25) is 9.36 Å². The van der Waals surface area contributed by atoms with E-state index in [-0.39, 0.29) is 11.7 Å². The van der Waals surface area contributed by atoms with E-state index in [4.69, 9.17) is 9.47 Å². The Bertz CT molecular complexity index is 1020. The molecule has 0 aliphatic rings. The van der Waals surface area contributed by atoms with Crippen LogP contribution in [0, 0.1) is 13.8 Å². The van der Waals surface area contributed by atoms with Gasteiger partial charge in [0.15, 0.2) is 0 Å². The van der Waals surface area contributed by atoms with Gasteiger partial charge in [0.05, 0.1) is 24.4 Å². The number of thiophene rings is 1. The molecule has 0 amide bonds. The predicted molar refractivity (Wildman–Crippen MR) is 106 cm³/mol. The Morgan fingerprint density at radius 3 is 2.59 bits per heavy atom. The van der Waals surface area contributed by atoms with Gasteiger partial charge < -0.3 is 9.47 Å². The molecule has 0 fully saturated rings. The second-order valence-corrected chi connectivity index (χ2v) is 7.59. The number of hydrogen-bond acceptors (Lipinski definition) is 6. The summed E-state index contributed by atoms with van der Waals surface area (Å²) >= 11 is 1.19. The second kappa shape index (κ2) is 7.92. The second-order valence-electron chi connectivity index (χ2n) is 6.60. The molecule has 2 aromatic heterocycles. The van der Waals surface area contributed by atoms with Crippen molar-refractivity contribution in [2.45, 2.75) is 40.3 Å². The van der Waals surface area contributed by atoms with Gasteiger partial charge in [0.1, 0.15) is 22.1 Å². The van der Waals surface area contributed by atoms with Gasteiger partial charge in [-0.05, 0) is 45.4 Å². The van der Waals surface area contributed by atoms with Crippen LogP contribution < -0.4 is 10.3 Å². The zero-order valence-electron chi connectivity index (χ0n) is 15.8. The van der Waals surface area contributed by atoms with E-state index in [0.29, 0.717) is 33.8 Å². The van der Waals surface area contributed by atoms with Crippen LogP contribution in [-0.4, -0.2) is 28.2 Å². The number of carbonyl (C=O) groups is 1. The monoisotopic (exact) mass is 386 g/mol. The van der Waals surface area contributed by atoms with Crippen molar-refractivity contribution < 1.29 is 14.3 Å². The van der Waals surface area contributed by atoms with Gasteiger partial charge >= 0.3 is 5.97 Å². The lowest BCUT2D eigenvalue weighted by Crippen LogP contribution is -2.23. The van der Waals surface area contributed by atoms with E-state index < -0.39 is 5.97 Å². The Morgan fingerprint density at radius 1 is 1.22 bits per heavy atom. The van der Waals surface area contributed by atoms with Gasteiger partial charge in [-0.1, -0.05) is 17.7 Å². The van der Waals surface area contributed by atoms with Crippen LogP contribution >= 0.6 is 11.3 Å². The number of fused-ring (bicyclic) bond motifs is 1. The molecule has 0 aliphatic heterocycles. The quantitative estimate of drug-likeness (QED) is 0.604. The Morgan fingerprint density at radius 2 is 1.93 bits per heavy atom.